The van der Waals surface area contributed by atoms with Gasteiger partial charge in [0.05, 0.1) is 11.7 Å². The van der Waals surface area contributed by atoms with Crippen molar-refractivity contribution in [2.24, 2.45) is 10.8 Å². The molecule has 1 atom stereocenters. The minimum Gasteiger partial charge on any atom is -0.370 e. The van der Waals surface area contributed by atoms with Crippen molar-refractivity contribution in [3.8, 4) is 5.75 Å². The number of hydrogen-bond donors (Lipinski definition) is 0. The smallest absolute Gasteiger partial charge is 0.370 e. The molecule has 42 heavy (non-hydrogen) atoms. The van der Waals surface area contributed by atoms with Crippen molar-refractivity contribution < 1.29 is 39.3 Å². The standard InChI is InChI=1S/C30H33F5N2O4S/c1-28(2)14-21(15-29(3,4)17-28)26(19-12-22(31)27(23(32)13-19)41-42(38,39)30(33,34)35)18-8-9-24-20(11-18)16-36-37(24)25-7-5-6-10-40-25/h8-9,11-13,16,25H,5-7,10,14-15,17H2,1-4H3. The maximum absolute atomic E-state index is 15.2. The van der Waals surface area contributed by atoms with Crippen LogP contribution in [0.3, 0.4) is 0 Å². The number of halogens is 5. The summed E-state index contributed by atoms with van der Waals surface area (Å²) in [5.74, 6) is -4.75. The molecule has 1 saturated heterocycles. The van der Waals surface area contributed by atoms with Gasteiger partial charge >= 0.3 is 15.6 Å². The van der Waals surface area contributed by atoms with Gasteiger partial charge in [0.1, 0.15) is 0 Å². The fourth-order valence-corrected chi connectivity index (χ4v) is 7.16. The third kappa shape index (κ3) is 6.06. The molecule has 228 valence electrons. The average molecular weight is 613 g/mol. The van der Waals surface area contributed by atoms with Crippen molar-refractivity contribution in [3.05, 3.63) is 64.9 Å². The normalized spacial score (nSPS) is 21.0. The van der Waals surface area contributed by atoms with E-state index in [9.17, 15) is 21.6 Å². The van der Waals surface area contributed by atoms with Crippen molar-refractivity contribution >= 4 is 26.6 Å². The van der Waals surface area contributed by atoms with Gasteiger partial charge in [0, 0.05) is 12.0 Å². The Labute approximate surface area is 241 Å². The number of fused-ring (bicyclic) bond motifs is 1. The predicted octanol–water partition coefficient (Wildman–Crippen LogP) is 8.28. The van der Waals surface area contributed by atoms with Gasteiger partial charge in [-0.2, -0.15) is 26.7 Å². The van der Waals surface area contributed by atoms with Gasteiger partial charge in [0.15, 0.2) is 17.9 Å². The summed E-state index contributed by atoms with van der Waals surface area (Å²) in [6.45, 7) is 9.10. The van der Waals surface area contributed by atoms with E-state index in [1.54, 1.807) is 6.20 Å². The first-order valence-electron chi connectivity index (χ1n) is 13.8. The molecule has 5 rings (SSSR count). The molecule has 6 nitrogen and oxygen atoms in total. The molecule has 0 bridgehead atoms. The van der Waals surface area contributed by atoms with Crippen molar-refractivity contribution in [1.29, 1.82) is 0 Å². The molecule has 1 unspecified atom stereocenters. The van der Waals surface area contributed by atoms with Crippen molar-refractivity contribution in [3.63, 3.8) is 0 Å². The molecule has 1 aromatic heterocycles. The first kappa shape index (κ1) is 30.5. The Kier molecular flexibility index (Phi) is 7.71. The summed E-state index contributed by atoms with van der Waals surface area (Å²) in [5, 5.41) is 5.32. The number of nitrogens with zero attached hydrogens (tertiary/aromatic N) is 2. The van der Waals surface area contributed by atoms with Crippen LogP contribution in [0.5, 0.6) is 5.75 Å². The maximum atomic E-state index is 15.2. The molecule has 2 fully saturated rings. The molecule has 2 aliphatic rings. The molecule has 0 amide bonds. The van der Waals surface area contributed by atoms with Crippen LogP contribution in [0.4, 0.5) is 22.0 Å². The van der Waals surface area contributed by atoms with E-state index in [1.165, 1.54) is 0 Å². The number of ether oxygens (including phenoxy) is 1. The van der Waals surface area contributed by atoms with Crippen LogP contribution in [0.2, 0.25) is 0 Å². The number of aromatic nitrogens is 2. The maximum Gasteiger partial charge on any atom is 0.534 e. The highest BCUT2D eigenvalue weighted by Gasteiger charge is 2.49. The van der Waals surface area contributed by atoms with Gasteiger partial charge in [-0.3, -0.25) is 0 Å². The molecule has 2 heterocycles. The molecular formula is C30H33F5N2O4S. The Bertz CT molecular complexity index is 1610. The number of alkyl halides is 3. The van der Waals surface area contributed by atoms with Gasteiger partial charge in [0.2, 0.25) is 5.75 Å². The Morgan fingerprint density at radius 1 is 1.00 bits per heavy atom. The monoisotopic (exact) mass is 612 g/mol. The van der Waals surface area contributed by atoms with Gasteiger partial charge in [0.25, 0.3) is 0 Å². The van der Waals surface area contributed by atoms with Gasteiger partial charge in [-0.1, -0.05) is 39.3 Å². The summed E-state index contributed by atoms with van der Waals surface area (Å²) in [7, 11) is -6.28. The van der Waals surface area contributed by atoms with Gasteiger partial charge in [-0.05, 0) is 90.3 Å². The second-order valence-electron chi connectivity index (χ2n) is 12.8. The van der Waals surface area contributed by atoms with E-state index in [4.69, 9.17) is 4.74 Å². The average Bonchev–Trinajstić information content (AvgIpc) is 3.28. The number of hydrogen-bond acceptors (Lipinski definition) is 5. The van der Waals surface area contributed by atoms with Crippen molar-refractivity contribution in [2.75, 3.05) is 6.61 Å². The van der Waals surface area contributed by atoms with Gasteiger partial charge < -0.3 is 8.92 Å². The lowest BCUT2D eigenvalue weighted by Crippen LogP contribution is -2.30. The van der Waals surface area contributed by atoms with E-state index in [-0.39, 0.29) is 22.6 Å². The molecule has 1 aliphatic carbocycles. The van der Waals surface area contributed by atoms with Crippen LogP contribution in [0, 0.1) is 22.5 Å². The highest BCUT2D eigenvalue weighted by atomic mass is 32.2. The van der Waals surface area contributed by atoms with Crippen molar-refractivity contribution in [2.45, 2.75) is 78.0 Å². The lowest BCUT2D eigenvalue weighted by atomic mass is 9.62. The van der Waals surface area contributed by atoms with Crippen LogP contribution in [-0.2, 0) is 14.9 Å². The minimum absolute atomic E-state index is 0.0626. The first-order valence-corrected chi connectivity index (χ1v) is 15.2. The molecule has 2 aromatic carbocycles. The second-order valence-corrected chi connectivity index (χ2v) is 14.3. The van der Waals surface area contributed by atoms with Crippen molar-refractivity contribution in [1.82, 2.24) is 9.78 Å². The Morgan fingerprint density at radius 3 is 2.21 bits per heavy atom. The summed E-state index contributed by atoms with van der Waals surface area (Å²) in [5.41, 5.74) is -3.14. The van der Waals surface area contributed by atoms with E-state index in [1.807, 2.05) is 22.9 Å². The zero-order chi connectivity index (χ0) is 30.7. The molecule has 1 saturated carbocycles. The highest BCUT2D eigenvalue weighted by Crippen LogP contribution is 2.51. The third-order valence-electron chi connectivity index (χ3n) is 7.77. The zero-order valence-electron chi connectivity index (χ0n) is 23.8. The summed E-state index contributed by atoms with van der Waals surface area (Å²) >= 11 is 0. The van der Waals surface area contributed by atoms with E-state index < -0.39 is 33.0 Å². The molecule has 0 N–H and O–H groups in total. The zero-order valence-corrected chi connectivity index (χ0v) is 24.6. The fourth-order valence-electron chi connectivity index (χ4n) is 6.69. The van der Waals surface area contributed by atoms with Gasteiger partial charge in [-0.25, -0.2) is 13.5 Å². The summed E-state index contributed by atoms with van der Waals surface area (Å²) in [4.78, 5) is 0. The number of rotatable bonds is 5. The van der Waals surface area contributed by atoms with E-state index in [0.717, 1.165) is 54.3 Å². The Hall–Kier alpha value is -2.99. The summed E-state index contributed by atoms with van der Waals surface area (Å²) in [6.07, 6.45) is 6.49. The van der Waals surface area contributed by atoms with E-state index >= 15 is 8.78 Å². The Balaban J connectivity index is 1.65. The SMILES string of the molecule is CC1(C)CC(=C(c2cc(F)c(OS(=O)(=O)C(F)(F)F)c(F)c2)c2ccc3c(cnn3C3CCCCO3)c2)CC(C)(C)C1. The summed E-state index contributed by atoms with van der Waals surface area (Å²) in [6, 6.07) is 7.21. The van der Waals surface area contributed by atoms with E-state index in [2.05, 4.69) is 37.0 Å². The summed E-state index contributed by atoms with van der Waals surface area (Å²) < 4.78 is 104. The molecule has 1 aliphatic heterocycles. The third-order valence-corrected chi connectivity index (χ3v) is 8.72. The fraction of sp³-hybridized carbons (Fsp3) is 0.500. The van der Waals surface area contributed by atoms with Crippen LogP contribution < -0.4 is 4.18 Å². The molecule has 0 spiro atoms. The quantitative estimate of drug-likeness (QED) is 0.165. The van der Waals surface area contributed by atoms with E-state index in [0.29, 0.717) is 30.6 Å². The lowest BCUT2D eigenvalue weighted by molar-refractivity contribution is -0.0501. The first-order chi connectivity index (χ1) is 19.5. The minimum atomic E-state index is -6.28. The molecule has 0 radical (unpaired) electrons. The van der Waals surface area contributed by atoms with Crippen LogP contribution >= 0.6 is 0 Å². The molecule has 12 heteroatoms. The molecule has 3 aromatic rings. The van der Waals surface area contributed by atoms with Crippen LogP contribution in [0.15, 0.2) is 42.1 Å². The highest BCUT2D eigenvalue weighted by molar-refractivity contribution is 7.88. The van der Waals surface area contributed by atoms with Crippen LogP contribution in [-0.4, -0.2) is 30.3 Å². The van der Waals surface area contributed by atoms with Crippen LogP contribution in [0.25, 0.3) is 16.5 Å². The van der Waals surface area contributed by atoms with Crippen LogP contribution in [0.1, 0.15) is 83.6 Å². The topological polar surface area (TPSA) is 70.4 Å². The second kappa shape index (κ2) is 10.6. The Morgan fingerprint density at radius 2 is 1.64 bits per heavy atom. The van der Waals surface area contributed by atoms with Gasteiger partial charge in [-0.15, -0.1) is 0 Å². The predicted molar refractivity (Wildman–Crippen MR) is 148 cm³/mol. The largest absolute Gasteiger partial charge is 0.534 e. The number of benzene rings is 2. The molecular weight excluding hydrogens is 579 g/mol. The lowest BCUT2D eigenvalue weighted by Gasteiger charge is -2.43. The number of allylic oxidation sites excluding steroid dienone is 1.